The van der Waals surface area contributed by atoms with E-state index in [4.69, 9.17) is 4.42 Å². The second kappa shape index (κ2) is 6.74. The number of nitrogens with one attached hydrogen (secondary N) is 1. The molecule has 20 heavy (non-hydrogen) atoms. The van der Waals surface area contributed by atoms with E-state index in [0.717, 1.165) is 25.8 Å². The van der Waals surface area contributed by atoms with Crippen molar-refractivity contribution < 1.29 is 12.8 Å². The third kappa shape index (κ3) is 3.42. The van der Waals surface area contributed by atoms with Crippen LogP contribution in [-0.4, -0.2) is 32.4 Å². The van der Waals surface area contributed by atoms with Gasteiger partial charge in [-0.25, -0.2) is 8.42 Å². The average Bonchev–Trinajstić information content (AvgIpc) is 3.08. The first-order valence-corrected chi connectivity index (χ1v) is 8.81. The lowest BCUT2D eigenvalue weighted by molar-refractivity contribution is 0.378. The van der Waals surface area contributed by atoms with E-state index in [9.17, 15) is 8.42 Å². The number of sulfonamides is 1. The molecule has 0 amide bonds. The van der Waals surface area contributed by atoms with Crippen molar-refractivity contribution in [1.29, 1.82) is 0 Å². The fourth-order valence-corrected chi connectivity index (χ4v) is 3.92. The Morgan fingerprint density at radius 2 is 2.20 bits per heavy atom. The minimum Gasteiger partial charge on any atom is -0.447 e. The second-order valence-electron chi connectivity index (χ2n) is 5.32. The molecule has 0 spiro atoms. The van der Waals surface area contributed by atoms with Gasteiger partial charge in [-0.05, 0) is 37.4 Å². The van der Waals surface area contributed by atoms with Crippen molar-refractivity contribution in [2.75, 3.05) is 19.6 Å². The Labute approximate surface area is 121 Å². The molecular formula is C14H24N2O3S. The summed E-state index contributed by atoms with van der Waals surface area (Å²) in [6.45, 7) is 6.87. The molecule has 1 aromatic rings. The predicted molar refractivity (Wildman–Crippen MR) is 77.9 cm³/mol. The highest BCUT2D eigenvalue weighted by Crippen LogP contribution is 2.26. The quantitative estimate of drug-likeness (QED) is 0.784. The monoisotopic (exact) mass is 300 g/mol. The molecule has 0 radical (unpaired) electrons. The van der Waals surface area contributed by atoms with Crippen molar-refractivity contribution in [3.05, 3.63) is 17.9 Å². The van der Waals surface area contributed by atoms with E-state index in [0.29, 0.717) is 31.3 Å². The zero-order valence-corrected chi connectivity index (χ0v) is 13.1. The van der Waals surface area contributed by atoms with Gasteiger partial charge in [-0.1, -0.05) is 20.3 Å². The van der Waals surface area contributed by atoms with E-state index in [1.165, 1.54) is 0 Å². The van der Waals surface area contributed by atoms with Gasteiger partial charge in [0, 0.05) is 13.1 Å². The van der Waals surface area contributed by atoms with Gasteiger partial charge in [0.2, 0.25) is 5.09 Å². The third-order valence-electron chi connectivity index (χ3n) is 3.78. The highest BCUT2D eigenvalue weighted by atomic mass is 32.2. The SMILES string of the molecule is CCCNCc1ccc(S(=O)(=O)N2CCC(CC)C2)o1. The number of hydrogen-bond donors (Lipinski definition) is 1. The Morgan fingerprint density at radius 3 is 2.85 bits per heavy atom. The van der Waals surface area contributed by atoms with Crippen molar-refractivity contribution in [3.8, 4) is 0 Å². The smallest absolute Gasteiger partial charge is 0.276 e. The lowest BCUT2D eigenvalue weighted by atomic mass is 10.1. The van der Waals surface area contributed by atoms with Gasteiger partial charge in [-0.2, -0.15) is 4.31 Å². The van der Waals surface area contributed by atoms with Gasteiger partial charge >= 0.3 is 0 Å². The Kier molecular flexibility index (Phi) is 5.23. The molecule has 5 nitrogen and oxygen atoms in total. The van der Waals surface area contributed by atoms with Gasteiger partial charge < -0.3 is 9.73 Å². The highest BCUT2D eigenvalue weighted by molar-refractivity contribution is 7.89. The maximum absolute atomic E-state index is 12.5. The number of nitrogens with zero attached hydrogens (tertiary/aromatic N) is 1. The summed E-state index contributed by atoms with van der Waals surface area (Å²) in [5.41, 5.74) is 0. The van der Waals surface area contributed by atoms with E-state index in [2.05, 4.69) is 19.2 Å². The normalized spacial score (nSPS) is 20.6. The van der Waals surface area contributed by atoms with Gasteiger partial charge in [-0.15, -0.1) is 0 Å². The van der Waals surface area contributed by atoms with E-state index in [1.807, 2.05) is 0 Å². The Morgan fingerprint density at radius 1 is 1.40 bits per heavy atom. The van der Waals surface area contributed by atoms with E-state index < -0.39 is 10.0 Å². The molecule has 1 unspecified atom stereocenters. The average molecular weight is 300 g/mol. The van der Waals surface area contributed by atoms with Gasteiger partial charge in [0.1, 0.15) is 5.76 Å². The van der Waals surface area contributed by atoms with Crippen molar-refractivity contribution in [3.63, 3.8) is 0 Å². The molecule has 0 saturated carbocycles. The summed E-state index contributed by atoms with van der Waals surface area (Å²) >= 11 is 0. The Bertz CT molecular complexity index is 524. The van der Waals surface area contributed by atoms with Crippen molar-refractivity contribution in [2.45, 2.75) is 44.7 Å². The molecule has 2 rings (SSSR count). The van der Waals surface area contributed by atoms with Gasteiger partial charge in [-0.3, -0.25) is 0 Å². The molecule has 0 bridgehead atoms. The first-order valence-electron chi connectivity index (χ1n) is 7.37. The predicted octanol–water partition coefficient (Wildman–Crippen LogP) is 2.20. The van der Waals surface area contributed by atoms with Crippen molar-refractivity contribution in [2.24, 2.45) is 5.92 Å². The van der Waals surface area contributed by atoms with Crippen LogP contribution in [0.15, 0.2) is 21.6 Å². The molecule has 1 fully saturated rings. The lowest BCUT2D eigenvalue weighted by Crippen LogP contribution is -2.28. The van der Waals surface area contributed by atoms with Gasteiger partial charge in [0.15, 0.2) is 0 Å². The summed E-state index contributed by atoms with van der Waals surface area (Å²) in [5.74, 6) is 1.15. The molecule has 0 aromatic carbocycles. The maximum Gasteiger partial charge on any atom is 0.276 e. The molecule has 1 aliphatic rings. The summed E-state index contributed by atoms with van der Waals surface area (Å²) < 4.78 is 31.9. The van der Waals surface area contributed by atoms with E-state index >= 15 is 0 Å². The molecule has 0 aliphatic carbocycles. The fourth-order valence-electron chi connectivity index (χ4n) is 2.46. The molecule has 1 N–H and O–H groups in total. The van der Waals surface area contributed by atoms with Crippen LogP contribution >= 0.6 is 0 Å². The Balaban J connectivity index is 2.03. The first-order chi connectivity index (χ1) is 9.57. The van der Waals surface area contributed by atoms with Gasteiger partial charge in [0.25, 0.3) is 10.0 Å². The fraction of sp³-hybridized carbons (Fsp3) is 0.714. The molecule has 114 valence electrons. The van der Waals surface area contributed by atoms with Crippen molar-refractivity contribution >= 4 is 10.0 Å². The largest absolute Gasteiger partial charge is 0.447 e. The van der Waals surface area contributed by atoms with Crippen LogP contribution in [0, 0.1) is 5.92 Å². The minimum absolute atomic E-state index is 0.0718. The van der Waals surface area contributed by atoms with Crippen LogP contribution in [0.4, 0.5) is 0 Å². The summed E-state index contributed by atoms with van der Waals surface area (Å²) in [4.78, 5) is 0. The minimum atomic E-state index is -3.45. The van der Waals surface area contributed by atoms with E-state index in [-0.39, 0.29) is 5.09 Å². The van der Waals surface area contributed by atoms with Crippen LogP contribution < -0.4 is 5.32 Å². The Hall–Kier alpha value is -0.850. The molecule has 6 heteroatoms. The molecule has 2 heterocycles. The standard InChI is InChI=1S/C14H24N2O3S/c1-3-8-15-10-13-5-6-14(19-13)20(17,18)16-9-7-12(4-2)11-16/h5-6,12,15H,3-4,7-11H2,1-2H3. The zero-order valence-electron chi connectivity index (χ0n) is 12.3. The van der Waals surface area contributed by atoms with Crippen LogP contribution in [-0.2, 0) is 16.6 Å². The number of hydrogen-bond acceptors (Lipinski definition) is 4. The molecule has 1 saturated heterocycles. The molecule has 1 aromatic heterocycles. The van der Waals surface area contributed by atoms with Crippen molar-refractivity contribution in [1.82, 2.24) is 9.62 Å². The van der Waals surface area contributed by atoms with Crippen LogP contribution in [0.1, 0.15) is 38.9 Å². The highest BCUT2D eigenvalue weighted by Gasteiger charge is 2.33. The number of rotatable bonds is 7. The zero-order chi connectivity index (χ0) is 14.6. The van der Waals surface area contributed by atoms with Crippen LogP contribution in [0.3, 0.4) is 0 Å². The topological polar surface area (TPSA) is 62.6 Å². The summed E-state index contributed by atoms with van der Waals surface area (Å²) in [6, 6.07) is 3.31. The van der Waals surface area contributed by atoms with E-state index in [1.54, 1.807) is 16.4 Å². The van der Waals surface area contributed by atoms with Crippen LogP contribution in [0.5, 0.6) is 0 Å². The molecule has 1 aliphatic heterocycles. The molecular weight excluding hydrogens is 276 g/mol. The van der Waals surface area contributed by atoms with Gasteiger partial charge in [0.05, 0.1) is 6.54 Å². The second-order valence-corrected chi connectivity index (χ2v) is 7.19. The number of furan rings is 1. The van der Waals surface area contributed by atoms with Crippen LogP contribution in [0.25, 0.3) is 0 Å². The maximum atomic E-state index is 12.5. The first kappa shape index (κ1) is 15.5. The summed E-state index contributed by atoms with van der Waals surface area (Å²) in [5, 5.41) is 3.27. The summed E-state index contributed by atoms with van der Waals surface area (Å²) in [6.07, 6.45) is 3.01. The van der Waals surface area contributed by atoms with Crippen LogP contribution in [0.2, 0.25) is 0 Å². The molecule has 1 atom stereocenters. The summed E-state index contributed by atoms with van der Waals surface area (Å²) in [7, 11) is -3.45. The third-order valence-corrected chi connectivity index (χ3v) is 5.52. The lowest BCUT2D eigenvalue weighted by Gasteiger charge is -2.14.